The highest BCUT2D eigenvalue weighted by Gasteiger charge is 2.40. The van der Waals surface area contributed by atoms with Crippen LogP contribution in [-0.4, -0.2) is 304 Å². The number of benzene rings is 2. The first-order valence-electron chi connectivity index (χ1n) is 36.2. The second kappa shape index (κ2) is 46.1. The third-order valence-electron chi connectivity index (χ3n) is 18.1. The molecule has 14 amide bonds. The van der Waals surface area contributed by atoms with Gasteiger partial charge in [-0.15, -0.1) is 0 Å². The van der Waals surface area contributed by atoms with E-state index in [4.69, 9.17) is 39.2 Å². The Balaban J connectivity index is 1.31. The van der Waals surface area contributed by atoms with Crippen molar-refractivity contribution in [3.8, 4) is 0 Å². The summed E-state index contributed by atoms with van der Waals surface area (Å²) in [6.07, 6.45) is -2.72. The summed E-state index contributed by atoms with van der Waals surface area (Å²) in [7, 11) is 0. The molecule has 43 nitrogen and oxygen atoms in total. The highest BCUT2D eigenvalue weighted by Crippen LogP contribution is 2.22. The van der Waals surface area contributed by atoms with Crippen LogP contribution in [0, 0.1) is 16.2 Å². The number of fused-ring (bicyclic) bond motifs is 1. The van der Waals surface area contributed by atoms with Gasteiger partial charge in [0.1, 0.15) is 48.3 Å². The molecule has 5 rings (SSSR count). The number of carbonyl (C=O) groups excluding carboxylic acids is 11. The highest BCUT2D eigenvalue weighted by atomic mass is 16.4. The number of rotatable bonds is 40. The Labute approximate surface area is 638 Å². The molecular weight excluding hydrogens is 1450 g/mol. The van der Waals surface area contributed by atoms with E-state index in [-0.39, 0.29) is 174 Å². The minimum atomic E-state index is -1.80. The molecule has 3 heterocycles. The topological polar surface area (TPSA) is 672 Å². The fourth-order valence-electron chi connectivity index (χ4n) is 12.3. The van der Waals surface area contributed by atoms with Crippen LogP contribution < -0.4 is 86.7 Å². The number of aromatic nitrogens is 1. The van der Waals surface area contributed by atoms with Gasteiger partial charge >= 0.3 is 18.3 Å². The number of hydrogen-bond donors (Lipinski definition) is 24. The van der Waals surface area contributed by atoms with E-state index in [0.29, 0.717) is 11.1 Å². The smallest absolute Gasteiger partial charge is 0.407 e. The molecule has 3 aromatic rings. The van der Waals surface area contributed by atoms with Crippen molar-refractivity contribution >= 4 is 112 Å². The average Bonchev–Trinajstić information content (AvgIpc) is 1.70. The average molecular weight is 1560 g/mol. The van der Waals surface area contributed by atoms with Crippen LogP contribution in [-0.2, 0) is 65.6 Å². The maximum Gasteiger partial charge on any atom is 0.407 e. The molecule has 1 aromatic heterocycles. The van der Waals surface area contributed by atoms with E-state index in [9.17, 15) is 87.5 Å². The number of nitrogens with zero attached hydrogens (tertiary/aromatic N) is 5. The van der Waals surface area contributed by atoms with Gasteiger partial charge in [0, 0.05) is 122 Å². The van der Waals surface area contributed by atoms with E-state index in [1.54, 1.807) is 65.7 Å². The first-order valence-corrected chi connectivity index (χ1v) is 36.2. The van der Waals surface area contributed by atoms with Crippen LogP contribution in [0.2, 0.25) is 0 Å². The van der Waals surface area contributed by atoms with Gasteiger partial charge in [-0.05, 0) is 81.5 Å². The van der Waals surface area contributed by atoms with E-state index in [2.05, 4.69) is 68.8 Å². The molecule has 2 saturated heterocycles. The fourth-order valence-corrected chi connectivity index (χ4v) is 12.3. The lowest BCUT2D eigenvalue weighted by molar-refractivity contribution is -0.143. The number of nitrogens with two attached hydrogens (primary N) is 4. The van der Waals surface area contributed by atoms with Gasteiger partial charge in [0.2, 0.25) is 65.0 Å². The van der Waals surface area contributed by atoms with Crippen molar-refractivity contribution in [2.24, 2.45) is 22.9 Å². The Morgan fingerprint density at radius 1 is 0.495 bits per heavy atom. The number of hydrogen-bond acceptors (Lipinski definition) is 19. The molecule has 0 radical (unpaired) electrons. The maximum absolute atomic E-state index is 14.9. The van der Waals surface area contributed by atoms with Crippen molar-refractivity contribution in [2.45, 2.75) is 132 Å². The summed E-state index contributed by atoms with van der Waals surface area (Å²) in [4.78, 5) is 199. The number of H-pyrrole nitrogens is 1. The molecule has 111 heavy (non-hydrogen) atoms. The van der Waals surface area contributed by atoms with E-state index < -0.39 is 157 Å². The fraction of sp³-hybridized carbons (Fsp3) is 0.544. The molecule has 0 spiro atoms. The molecule has 0 unspecified atom stereocenters. The molecule has 2 aliphatic rings. The van der Waals surface area contributed by atoms with Crippen LogP contribution in [0.15, 0.2) is 60.8 Å². The van der Waals surface area contributed by atoms with Crippen molar-refractivity contribution in [3.05, 3.63) is 71.9 Å². The molecular formula is C68H105N25O18. The minimum absolute atomic E-state index is 0.00154. The van der Waals surface area contributed by atoms with Crippen LogP contribution in [0.4, 0.5) is 14.4 Å². The monoisotopic (exact) mass is 1560 g/mol. The van der Waals surface area contributed by atoms with E-state index in [0.717, 1.165) is 30.5 Å². The van der Waals surface area contributed by atoms with Crippen molar-refractivity contribution in [1.29, 1.82) is 16.2 Å². The minimum Gasteiger partial charge on any atom is -0.465 e. The number of aromatic amines is 1. The molecule has 43 heteroatoms. The third kappa shape index (κ3) is 31.4. The summed E-state index contributed by atoms with van der Waals surface area (Å²) in [6, 6.07) is 3.60. The number of aliphatic hydroxyl groups excluding tert-OH is 1. The van der Waals surface area contributed by atoms with Crippen LogP contribution in [0.5, 0.6) is 0 Å². The molecule has 0 aliphatic carbocycles. The van der Waals surface area contributed by atoms with Crippen LogP contribution >= 0.6 is 0 Å². The normalized spacial score (nSPS) is 15.9. The maximum atomic E-state index is 14.9. The van der Waals surface area contributed by atoms with Gasteiger partial charge in [-0.25, -0.2) is 14.4 Å². The van der Waals surface area contributed by atoms with Gasteiger partial charge < -0.3 is 132 Å². The summed E-state index contributed by atoms with van der Waals surface area (Å²) < 4.78 is 0. The standard InChI is InChI=1S/C68H105N25O18/c1-40(95)82-49(35-42-37-80-44-15-6-5-14-43(42)44)59(102)88-50(36-53(96)76-23-11-24-89-26-28-90(66(106)107)30-32-92(68(110)111)33-31-91(29-27-89)67(108)109)62(105)93-25-10-19-52(93)61(104)81-38-54(97)83-51(39-94)60(103)87-48(34-41-12-3-2-4-13-41)58(101)86-47(18-9-22-79-65(74)75)57(100)85-46(17-8-21-78-64(72)73)56(99)84-45(55(69)98)16-7-20-77-63(70)71/h2-6,12-15,37,45-52,80,94H,7-11,16-36,38-39H2,1H3,(H2,69,98)(H,76,96)(H,81,104)(H,82,95)(H,83,97)(H,84,99)(H,85,100)(H,86,101)(H,87,103)(H,88,102)(H,106,107)(H,108,109)(H,110,111)(H4,70,71,77)(H4,72,73,78)(H4,74,75,79)/t45-,46-,47-,48-,49-,50-,51-,52-/m0/s1. The summed E-state index contributed by atoms with van der Waals surface area (Å²) in [5, 5.41) is 94.1. The number of para-hydroxylation sites is 1. The molecule has 0 bridgehead atoms. The van der Waals surface area contributed by atoms with Crippen molar-refractivity contribution in [2.75, 3.05) is 105 Å². The number of primary amides is 1. The number of guanidine groups is 3. The van der Waals surface area contributed by atoms with Gasteiger partial charge in [-0.3, -0.25) is 73.9 Å². The van der Waals surface area contributed by atoms with Crippen LogP contribution in [0.3, 0.4) is 0 Å². The zero-order chi connectivity index (χ0) is 81.7. The number of nitrogens with one attached hydrogen (secondary N) is 16. The highest BCUT2D eigenvalue weighted by molar-refractivity contribution is 5.99. The number of aliphatic hydroxyl groups is 1. The predicted octanol–water partition coefficient (Wildman–Crippen LogP) is -6.11. The first-order chi connectivity index (χ1) is 52.8. The van der Waals surface area contributed by atoms with Crippen molar-refractivity contribution in [3.63, 3.8) is 0 Å². The lowest BCUT2D eigenvalue weighted by Gasteiger charge is -2.32. The molecule has 8 atom stereocenters. The van der Waals surface area contributed by atoms with Gasteiger partial charge in [-0.1, -0.05) is 48.5 Å². The van der Waals surface area contributed by atoms with Gasteiger partial charge in [0.05, 0.1) is 19.6 Å². The molecule has 610 valence electrons. The Morgan fingerprint density at radius 2 is 0.946 bits per heavy atom. The van der Waals surface area contributed by atoms with Gasteiger partial charge in [0.15, 0.2) is 17.9 Å². The molecule has 28 N–H and O–H groups in total. The SMILES string of the molecule is CC(=O)N[C@@H](Cc1c[nH]c2ccccc12)C(=O)N[C@@H](CC(=O)NCCCN1CCN(C(=O)O)CCN(C(=O)O)CCN(C(=O)O)CC1)C(=O)N1CCC[C@H]1C(=O)NCC(=O)N[C@@H](CO)C(=O)N[C@@H](Cc1ccccc1)C(=O)N[C@@H](CCCNC(=N)N)C(=O)N[C@@H](CCCNC(=N)N)C(=O)N[C@@H](CCCNC(=N)N)C(N)=O. The zero-order valence-electron chi connectivity index (χ0n) is 61.7. The summed E-state index contributed by atoms with van der Waals surface area (Å²) in [5.41, 5.74) is 23.8. The second-order valence-electron chi connectivity index (χ2n) is 26.4. The Morgan fingerprint density at radius 3 is 1.45 bits per heavy atom. The number of amides is 14. The van der Waals surface area contributed by atoms with Crippen LogP contribution in [0.25, 0.3) is 10.9 Å². The van der Waals surface area contributed by atoms with Gasteiger partial charge in [0.25, 0.3) is 0 Å². The largest absolute Gasteiger partial charge is 0.465 e. The predicted molar refractivity (Wildman–Crippen MR) is 400 cm³/mol. The third-order valence-corrected chi connectivity index (χ3v) is 18.1. The quantitative estimate of drug-likeness (QED) is 0.0143. The van der Waals surface area contributed by atoms with E-state index in [1.165, 1.54) is 6.92 Å². The molecule has 2 fully saturated rings. The lowest BCUT2D eigenvalue weighted by atomic mass is 10.0. The number of likely N-dealkylation sites (tertiary alicyclic amines) is 1. The van der Waals surface area contributed by atoms with Crippen LogP contribution in [0.1, 0.15) is 82.3 Å². The van der Waals surface area contributed by atoms with Crippen molar-refractivity contribution in [1.82, 2.24) is 93.3 Å². The lowest BCUT2D eigenvalue weighted by Crippen LogP contribution is -2.60. The summed E-state index contributed by atoms with van der Waals surface area (Å²) in [5.74, 6) is -11.0. The summed E-state index contributed by atoms with van der Waals surface area (Å²) in [6.45, 7) is -1.18. The molecule has 2 aliphatic heterocycles. The second-order valence-corrected chi connectivity index (χ2v) is 26.4. The first kappa shape index (κ1) is 89.3. The molecule has 0 saturated carbocycles. The number of carbonyl (C=O) groups is 14. The number of carboxylic acid groups (broad SMARTS) is 3. The van der Waals surface area contributed by atoms with E-state index in [1.807, 2.05) is 0 Å². The van der Waals surface area contributed by atoms with Crippen molar-refractivity contribution < 1.29 is 87.5 Å². The zero-order valence-corrected chi connectivity index (χ0v) is 61.7. The van der Waals surface area contributed by atoms with Gasteiger partial charge in [-0.2, -0.15) is 0 Å². The Bertz CT molecular complexity index is 3710. The Kier molecular flexibility index (Phi) is 37.1. The van der Waals surface area contributed by atoms with E-state index >= 15 is 0 Å². The summed E-state index contributed by atoms with van der Waals surface area (Å²) >= 11 is 0. The Hall–Kier alpha value is -12.3. The molecule has 2 aromatic carbocycles.